The summed E-state index contributed by atoms with van der Waals surface area (Å²) in [7, 11) is 0. The van der Waals surface area contributed by atoms with Crippen molar-refractivity contribution in [3.05, 3.63) is 48.2 Å². The van der Waals surface area contributed by atoms with Gasteiger partial charge in [-0.2, -0.15) is 5.10 Å². The highest BCUT2D eigenvalue weighted by molar-refractivity contribution is 6.05. The van der Waals surface area contributed by atoms with Crippen LogP contribution in [0.1, 0.15) is 37.2 Å². The molecule has 2 aromatic heterocycles. The molecule has 160 valence electrons. The van der Waals surface area contributed by atoms with E-state index in [0.29, 0.717) is 23.3 Å². The second-order valence-electron chi connectivity index (χ2n) is 7.61. The number of nitrogens with one attached hydrogen (secondary N) is 1. The number of fused-ring (bicyclic) bond motifs is 1. The molecule has 0 aliphatic carbocycles. The molecular weight excluding hydrogens is 398 g/mol. The number of amides is 3. The van der Waals surface area contributed by atoms with E-state index in [1.54, 1.807) is 16.9 Å². The molecule has 1 atom stereocenters. The second-order valence-corrected chi connectivity index (χ2v) is 7.61. The molecule has 3 heterocycles. The Hall–Kier alpha value is -3.75. The Kier molecular flexibility index (Phi) is 5.41. The topological polar surface area (TPSA) is 106 Å². The highest BCUT2D eigenvalue weighted by Crippen LogP contribution is 2.27. The third kappa shape index (κ3) is 3.86. The molecule has 1 N–H and O–H groups in total. The van der Waals surface area contributed by atoms with Crippen LogP contribution in [-0.2, 0) is 9.53 Å². The molecular formula is C22H23N5O4. The van der Waals surface area contributed by atoms with E-state index >= 15 is 0 Å². The van der Waals surface area contributed by atoms with Crippen molar-refractivity contribution < 1.29 is 19.1 Å². The third-order valence-electron chi connectivity index (χ3n) is 5.10. The largest absolute Gasteiger partial charge is 0.449 e. The summed E-state index contributed by atoms with van der Waals surface area (Å²) in [4.78, 5) is 43.1. The highest BCUT2D eigenvalue weighted by atomic mass is 16.5. The number of pyridine rings is 1. The lowest BCUT2D eigenvalue weighted by atomic mass is 10.1. The summed E-state index contributed by atoms with van der Waals surface area (Å²) in [6.45, 7) is 6.04. The zero-order valence-corrected chi connectivity index (χ0v) is 17.5. The lowest BCUT2D eigenvalue weighted by Gasteiger charge is -2.18. The maximum atomic E-state index is 13.1. The molecule has 1 aliphatic heterocycles. The summed E-state index contributed by atoms with van der Waals surface area (Å²) >= 11 is 0. The predicted molar refractivity (Wildman–Crippen MR) is 113 cm³/mol. The van der Waals surface area contributed by atoms with Crippen LogP contribution in [0.3, 0.4) is 0 Å². The first kappa shape index (κ1) is 20.5. The van der Waals surface area contributed by atoms with Crippen LogP contribution >= 0.6 is 0 Å². The molecule has 1 saturated heterocycles. The van der Waals surface area contributed by atoms with Gasteiger partial charge in [0.15, 0.2) is 11.8 Å². The summed E-state index contributed by atoms with van der Waals surface area (Å²) in [5.41, 5.74) is 2.26. The summed E-state index contributed by atoms with van der Waals surface area (Å²) in [6.07, 6.45) is 0.466. The Morgan fingerprint density at radius 1 is 1.16 bits per heavy atom. The number of esters is 1. The van der Waals surface area contributed by atoms with Gasteiger partial charge in [0.05, 0.1) is 22.8 Å². The summed E-state index contributed by atoms with van der Waals surface area (Å²) < 4.78 is 7.19. The van der Waals surface area contributed by atoms with Gasteiger partial charge in [-0.15, -0.1) is 0 Å². The van der Waals surface area contributed by atoms with Crippen LogP contribution in [0.25, 0.3) is 22.3 Å². The van der Waals surface area contributed by atoms with E-state index in [1.165, 1.54) is 6.92 Å². The van der Waals surface area contributed by atoms with E-state index in [0.717, 1.165) is 10.5 Å². The van der Waals surface area contributed by atoms with Gasteiger partial charge in [-0.1, -0.05) is 30.3 Å². The number of hydrogen-bond donors (Lipinski definition) is 1. The van der Waals surface area contributed by atoms with Gasteiger partial charge in [-0.25, -0.2) is 19.3 Å². The monoisotopic (exact) mass is 421 g/mol. The Bertz CT molecular complexity index is 1160. The van der Waals surface area contributed by atoms with Gasteiger partial charge in [0, 0.05) is 24.7 Å². The summed E-state index contributed by atoms with van der Waals surface area (Å²) in [5, 5.41) is 7.48. The molecule has 9 nitrogen and oxygen atoms in total. The van der Waals surface area contributed by atoms with Gasteiger partial charge >= 0.3 is 12.0 Å². The van der Waals surface area contributed by atoms with Crippen molar-refractivity contribution in [2.45, 2.75) is 32.9 Å². The van der Waals surface area contributed by atoms with Gasteiger partial charge in [0.2, 0.25) is 0 Å². The second kappa shape index (κ2) is 8.17. The first-order chi connectivity index (χ1) is 14.9. The number of carbonyl (C=O) groups excluding carboxylic acids is 3. The summed E-state index contributed by atoms with van der Waals surface area (Å²) in [5.74, 6) is -1.23. The first-order valence-electron chi connectivity index (χ1n) is 10.1. The van der Waals surface area contributed by atoms with E-state index in [9.17, 15) is 14.4 Å². The maximum absolute atomic E-state index is 13.1. The SMILES string of the molecule is CC(OC(=O)c1cc(-c2ccccc2)nc2c1cnn2C(C)C)C(=O)N1CCNC1=O. The standard InChI is InChI=1S/C22H23N5O4/c1-13(2)27-19-17(12-24-27)16(11-18(25-19)15-7-5-4-6-8-15)21(29)31-14(3)20(28)26-10-9-23-22(26)30/h4-8,11-14H,9-10H2,1-3H3,(H,23,30). The van der Waals surface area contributed by atoms with Crippen molar-refractivity contribution in [1.82, 2.24) is 25.0 Å². The van der Waals surface area contributed by atoms with Crippen molar-refractivity contribution in [2.75, 3.05) is 13.1 Å². The van der Waals surface area contributed by atoms with Crippen LogP contribution in [0.2, 0.25) is 0 Å². The van der Waals surface area contributed by atoms with E-state index in [-0.39, 0.29) is 18.2 Å². The van der Waals surface area contributed by atoms with E-state index in [2.05, 4.69) is 10.4 Å². The van der Waals surface area contributed by atoms with E-state index in [4.69, 9.17) is 9.72 Å². The molecule has 9 heteroatoms. The van der Waals surface area contributed by atoms with Crippen LogP contribution in [0, 0.1) is 0 Å². The van der Waals surface area contributed by atoms with E-state index in [1.807, 2.05) is 44.2 Å². The normalized spacial score (nSPS) is 14.7. The predicted octanol–water partition coefficient (Wildman–Crippen LogP) is 2.78. The smallest absolute Gasteiger partial charge is 0.339 e. The molecule has 1 aromatic carbocycles. The molecule has 0 spiro atoms. The number of rotatable bonds is 5. The first-order valence-corrected chi connectivity index (χ1v) is 10.1. The highest BCUT2D eigenvalue weighted by Gasteiger charge is 2.32. The lowest BCUT2D eigenvalue weighted by molar-refractivity contribution is -0.136. The van der Waals surface area contributed by atoms with Crippen molar-refractivity contribution in [1.29, 1.82) is 0 Å². The number of aromatic nitrogens is 3. The van der Waals surface area contributed by atoms with Crippen LogP contribution in [0.4, 0.5) is 4.79 Å². The molecule has 0 bridgehead atoms. The molecule has 0 saturated carbocycles. The van der Waals surface area contributed by atoms with Crippen LogP contribution in [0.15, 0.2) is 42.6 Å². The average molecular weight is 421 g/mol. The number of nitrogens with zero attached hydrogens (tertiary/aromatic N) is 4. The van der Waals surface area contributed by atoms with Crippen molar-refractivity contribution >= 4 is 28.9 Å². The molecule has 4 rings (SSSR count). The van der Waals surface area contributed by atoms with Gasteiger partial charge in [0.1, 0.15) is 0 Å². The van der Waals surface area contributed by atoms with Crippen molar-refractivity contribution in [3.63, 3.8) is 0 Å². The fourth-order valence-corrected chi connectivity index (χ4v) is 3.50. The molecule has 1 fully saturated rings. The Morgan fingerprint density at radius 2 is 1.90 bits per heavy atom. The van der Waals surface area contributed by atoms with Crippen LogP contribution in [0.5, 0.6) is 0 Å². The van der Waals surface area contributed by atoms with Crippen molar-refractivity contribution in [2.24, 2.45) is 0 Å². The minimum Gasteiger partial charge on any atom is -0.449 e. The number of hydrogen-bond acceptors (Lipinski definition) is 6. The summed E-state index contributed by atoms with van der Waals surface area (Å²) in [6, 6.07) is 10.7. The van der Waals surface area contributed by atoms with Crippen molar-refractivity contribution in [3.8, 4) is 11.3 Å². The average Bonchev–Trinajstić information content (AvgIpc) is 3.39. The molecule has 3 amide bonds. The Labute approximate surface area is 179 Å². The van der Waals surface area contributed by atoms with Crippen LogP contribution < -0.4 is 5.32 Å². The van der Waals surface area contributed by atoms with Gasteiger partial charge in [-0.3, -0.25) is 9.69 Å². The van der Waals surface area contributed by atoms with Gasteiger partial charge in [-0.05, 0) is 26.8 Å². The molecule has 1 aliphatic rings. The number of carbonyl (C=O) groups is 3. The van der Waals surface area contributed by atoms with Gasteiger partial charge in [0.25, 0.3) is 5.91 Å². The number of ether oxygens (including phenoxy) is 1. The fourth-order valence-electron chi connectivity index (χ4n) is 3.50. The number of benzene rings is 1. The van der Waals surface area contributed by atoms with Crippen LogP contribution in [-0.4, -0.2) is 56.8 Å². The Balaban J connectivity index is 1.71. The number of imide groups is 1. The quantitative estimate of drug-likeness (QED) is 0.635. The van der Waals surface area contributed by atoms with E-state index < -0.39 is 24.0 Å². The third-order valence-corrected chi connectivity index (χ3v) is 5.10. The fraction of sp³-hybridized carbons (Fsp3) is 0.318. The zero-order valence-electron chi connectivity index (χ0n) is 17.5. The van der Waals surface area contributed by atoms with Gasteiger partial charge < -0.3 is 10.1 Å². The number of urea groups is 1. The minimum absolute atomic E-state index is 0.0362. The zero-order chi connectivity index (χ0) is 22.1. The Morgan fingerprint density at radius 3 is 2.55 bits per heavy atom. The minimum atomic E-state index is -1.11. The maximum Gasteiger partial charge on any atom is 0.339 e. The lowest BCUT2D eigenvalue weighted by Crippen LogP contribution is -2.41. The molecule has 1 unspecified atom stereocenters. The molecule has 3 aromatic rings. The molecule has 0 radical (unpaired) electrons. The molecule has 31 heavy (non-hydrogen) atoms.